The Balaban J connectivity index is 1.50. The molecule has 2 heterocycles. The van der Waals surface area contributed by atoms with Gasteiger partial charge in [0.2, 0.25) is 11.8 Å². The molecule has 0 saturated carbocycles. The fraction of sp³-hybridized carbons (Fsp3) is 0.600. The van der Waals surface area contributed by atoms with Crippen LogP contribution in [0.25, 0.3) is 0 Å². The number of rotatable bonds is 5. The number of piperidine rings is 1. The monoisotopic (exact) mass is 427 g/mol. The van der Waals surface area contributed by atoms with Crippen molar-refractivity contribution in [2.24, 2.45) is 0 Å². The van der Waals surface area contributed by atoms with Gasteiger partial charge in [0.15, 0.2) is 0 Å². The predicted molar refractivity (Wildman–Crippen MR) is 110 cm³/mol. The van der Waals surface area contributed by atoms with Crippen LogP contribution in [0.4, 0.5) is 0 Å². The third kappa shape index (κ3) is 5.31. The van der Waals surface area contributed by atoms with Crippen LogP contribution in [0.2, 0.25) is 10.0 Å². The number of nitrogens with zero attached hydrogens (tertiary/aromatic N) is 2. The molecule has 0 aromatic heterocycles. The molecule has 0 radical (unpaired) electrons. The molecule has 0 bridgehead atoms. The Morgan fingerprint density at radius 2 is 1.82 bits per heavy atom. The van der Waals surface area contributed by atoms with E-state index in [2.05, 4.69) is 5.32 Å². The van der Waals surface area contributed by atoms with E-state index in [-0.39, 0.29) is 30.0 Å². The van der Waals surface area contributed by atoms with E-state index in [1.165, 1.54) is 0 Å². The van der Waals surface area contributed by atoms with Crippen molar-refractivity contribution in [3.63, 3.8) is 0 Å². The van der Waals surface area contributed by atoms with Crippen LogP contribution in [0.15, 0.2) is 18.2 Å². The van der Waals surface area contributed by atoms with Gasteiger partial charge in [-0.2, -0.15) is 0 Å². The number of carbonyl (C=O) groups is 2. The van der Waals surface area contributed by atoms with Gasteiger partial charge in [-0.1, -0.05) is 30.1 Å². The lowest BCUT2D eigenvalue weighted by atomic mass is 10.0. The van der Waals surface area contributed by atoms with Crippen LogP contribution in [0.3, 0.4) is 0 Å². The molecule has 154 valence electrons. The van der Waals surface area contributed by atoms with Crippen molar-refractivity contribution >= 4 is 35.0 Å². The predicted octanol–water partition coefficient (Wildman–Crippen LogP) is 2.96. The third-order valence-corrected chi connectivity index (χ3v) is 5.85. The maximum Gasteiger partial charge on any atom is 0.240 e. The molecule has 8 heteroatoms. The second-order valence-electron chi connectivity index (χ2n) is 7.56. The fourth-order valence-electron chi connectivity index (χ4n) is 3.92. The Bertz CT molecular complexity index is 702. The van der Waals surface area contributed by atoms with Gasteiger partial charge in [-0.05, 0) is 31.7 Å². The molecule has 2 aliphatic heterocycles. The lowest BCUT2D eigenvalue weighted by Gasteiger charge is -2.34. The van der Waals surface area contributed by atoms with Gasteiger partial charge in [-0.15, -0.1) is 0 Å². The maximum atomic E-state index is 13.0. The summed E-state index contributed by atoms with van der Waals surface area (Å²) in [7, 11) is 1.94. The summed E-state index contributed by atoms with van der Waals surface area (Å²) < 4.78 is 6.00. The summed E-state index contributed by atoms with van der Waals surface area (Å²) in [5.41, 5.74) is 0. The highest BCUT2D eigenvalue weighted by Gasteiger charge is 2.38. The minimum Gasteiger partial charge on any atom is -0.490 e. The molecule has 1 aromatic carbocycles. The number of likely N-dealkylation sites (tertiary alicyclic amines) is 2. The van der Waals surface area contributed by atoms with E-state index in [4.69, 9.17) is 27.9 Å². The molecule has 28 heavy (non-hydrogen) atoms. The average molecular weight is 428 g/mol. The molecule has 2 unspecified atom stereocenters. The molecule has 2 amide bonds. The Morgan fingerprint density at radius 3 is 2.43 bits per heavy atom. The molecule has 0 spiro atoms. The van der Waals surface area contributed by atoms with Crippen molar-refractivity contribution in [1.82, 2.24) is 15.1 Å². The van der Waals surface area contributed by atoms with Crippen LogP contribution in [0, 0.1) is 0 Å². The van der Waals surface area contributed by atoms with Crippen LogP contribution < -0.4 is 10.1 Å². The molecule has 6 nitrogen and oxygen atoms in total. The summed E-state index contributed by atoms with van der Waals surface area (Å²) in [6, 6.07) is 5.05. The lowest BCUT2D eigenvalue weighted by molar-refractivity contribution is -0.137. The first-order valence-corrected chi connectivity index (χ1v) is 10.5. The number of nitrogens with one attached hydrogen (secondary N) is 1. The topological polar surface area (TPSA) is 61.9 Å². The zero-order valence-corrected chi connectivity index (χ0v) is 17.8. The summed E-state index contributed by atoms with van der Waals surface area (Å²) in [6.07, 6.45) is 2.70. The SMILES string of the molecule is CCC(=O)NC1CC(C(=O)N2CCC(Oc3cc(Cl)cc(Cl)c3)CC2)N(C)C1. The summed E-state index contributed by atoms with van der Waals surface area (Å²) in [5, 5.41) is 4.09. The standard InChI is InChI=1S/C20H27Cl2N3O3/c1-3-19(26)23-15-11-18(24(2)12-15)20(27)25-6-4-16(5-7-25)28-17-9-13(21)8-14(22)10-17/h8-10,15-16,18H,3-7,11-12H2,1-2H3,(H,23,26). The Labute approximate surface area is 176 Å². The molecule has 3 rings (SSSR count). The quantitative estimate of drug-likeness (QED) is 0.784. The van der Waals surface area contributed by atoms with Crippen LogP contribution >= 0.6 is 23.2 Å². The number of likely N-dealkylation sites (N-methyl/N-ethyl adjacent to an activating group) is 1. The van der Waals surface area contributed by atoms with E-state index < -0.39 is 0 Å². The van der Waals surface area contributed by atoms with Crippen LogP contribution in [-0.4, -0.2) is 66.5 Å². The number of hydrogen-bond donors (Lipinski definition) is 1. The van der Waals surface area contributed by atoms with E-state index in [1.54, 1.807) is 18.2 Å². The first-order valence-electron chi connectivity index (χ1n) is 9.77. The lowest BCUT2D eigenvalue weighted by Crippen LogP contribution is -2.48. The van der Waals surface area contributed by atoms with Crippen molar-refractivity contribution < 1.29 is 14.3 Å². The number of carbonyl (C=O) groups excluding carboxylic acids is 2. The van der Waals surface area contributed by atoms with Gasteiger partial charge in [-0.25, -0.2) is 0 Å². The van der Waals surface area contributed by atoms with Crippen molar-refractivity contribution in [2.75, 3.05) is 26.7 Å². The molecule has 2 atom stereocenters. The maximum absolute atomic E-state index is 13.0. The summed E-state index contributed by atoms with van der Waals surface area (Å²) in [6.45, 7) is 3.86. The highest BCUT2D eigenvalue weighted by Crippen LogP contribution is 2.27. The summed E-state index contributed by atoms with van der Waals surface area (Å²) in [5.74, 6) is 0.831. The third-order valence-electron chi connectivity index (χ3n) is 5.41. The van der Waals surface area contributed by atoms with Crippen LogP contribution in [0.5, 0.6) is 5.75 Å². The van der Waals surface area contributed by atoms with E-state index in [0.717, 1.165) is 12.8 Å². The smallest absolute Gasteiger partial charge is 0.240 e. The molecule has 2 fully saturated rings. The average Bonchev–Trinajstić information content (AvgIpc) is 3.01. The molecule has 1 aromatic rings. The normalized spacial score (nSPS) is 23.6. The van der Waals surface area contributed by atoms with Crippen molar-refractivity contribution in [1.29, 1.82) is 0 Å². The number of hydrogen-bond acceptors (Lipinski definition) is 4. The Hall–Kier alpha value is -1.50. The van der Waals surface area contributed by atoms with E-state index in [9.17, 15) is 9.59 Å². The van der Waals surface area contributed by atoms with E-state index in [1.807, 2.05) is 23.8 Å². The molecular weight excluding hydrogens is 401 g/mol. The van der Waals surface area contributed by atoms with E-state index >= 15 is 0 Å². The highest BCUT2D eigenvalue weighted by molar-refractivity contribution is 6.34. The second kappa shape index (κ2) is 9.33. The number of halogens is 2. The number of ether oxygens (including phenoxy) is 1. The zero-order chi connectivity index (χ0) is 20.3. The van der Waals surface area contributed by atoms with Crippen LogP contribution in [0.1, 0.15) is 32.6 Å². The van der Waals surface area contributed by atoms with Gasteiger partial charge in [0.1, 0.15) is 11.9 Å². The van der Waals surface area contributed by atoms with Gasteiger partial charge in [0, 0.05) is 55.0 Å². The number of amides is 2. The molecule has 2 saturated heterocycles. The van der Waals surface area contributed by atoms with Gasteiger partial charge in [0.25, 0.3) is 0 Å². The van der Waals surface area contributed by atoms with Crippen molar-refractivity contribution in [3.8, 4) is 5.75 Å². The molecule has 2 aliphatic rings. The molecule has 0 aliphatic carbocycles. The molecular formula is C20H27Cl2N3O3. The minimum absolute atomic E-state index is 0.0329. The van der Waals surface area contributed by atoms with Gasteiger partial charge < -0.3 is 15.0 Å². The van der Waals surface area contributed by atoms with Crippen LogP contribution in [-0.2, 0) is 9.59 Å². The van der Waals surface area contributed by atoms with Crippen molar-refractivity contribution in [2.45, 2.75) is 50.8 Å². The second-order valence-corrected chi connectivity index (χ2v) is 8.43. The zero-order valence-electron chi connectivity index (χ0n) is 16.3. The summed E-state index contributed by atoms with van der Waals surface area (Å²) >= 11 is 12.0. The fourth-order valence-corrected chi connectivity index (χ4v) is 4.42. The van der Waals surface area contributed by atoms with Gasteiger partial charge in [0.05, 0.1) is 6.04 Å². The van der Waals surface area contributed by atoms with Crippen molar-refractivity contribution in [3.05, 3.63) is 28.2 Å². The van der Waals surface area contributed by atoms with E-state index in [0.29, 0.717) is 48.3 Å². The van der Waals surface area contributed by atoms with Gasteiger partial charge >= 0.3 is 0 Å². The van der Waals surface area contributed by atoms with Gasteiger partial charge in [-0.3, -0.25) is 14.5 Å². The number of benzene rings is 1. The Morgan fingerprint density at radius 1 is 1.18 bits per heavy atom. The Kier molecular flexibility index (Phi) is 7.07. The first-order chi connectivity index (χ1) is 13.4. The molecule has 1 N–H and O–H groups in total. The highest BCUT2D eigenvalue weighted by atomic mass is 35.5. The largest absolute Gasteiger partial charge is 0.490 e. The summed E-state index contributed by atoms with van der Waals surface area (Å²) in [4.78, 5) is 28.5. The first kappa shape index (κ1) is 21.2. The minimum atomic E-state index is -0.175.